The van der Waals surface area contributed by atoms with Gasteiger partial charge in [-0.15, -0.1) is 0 Å². The van der Waals surface area contributed by atoms with Gasteiger partial charge in [0.1, 0.15) is 0 Å². The van der Waals surface area contributed by atoms with Crippen LogP contribution in [0.4, 0.5) is 0 Å². The predicted octanol–water partition coefficient (Wildman–Crippen LogP) is 0.818. The van der Waals surface area contributed by atoms with Crippen molar-refractivity contribution in [2.24, 2.45) is 5.92 Å². The van der Waals surface area contributed by atoms with Crippen LogP contribution in [0.5, 0.6) is 0 Å². The molecule has 1 aromatic carbocycles. The Hall–Kier alpha value is -1.95. The number of nitrogens with zero attached hydrogens (tertiary/aromatic N) is 3. The number of piperidine rings is 1. The fraction of sp³-hybridized carbons (Fsp3) is 0.529. The lowest BCUT2D eigenvalue weighted by Crippen LogP contribution is -2.49. The maximum Gasteiger partial charge on any atom is 0.243 e. The number of benzene rings is 1. The standard InChI is InChI=1S/C17H21N3O4S/c18-12-14-3-1-5-16(11-14)25(22,23)20-6-2-4-15(13-20)17(21)19-7-9-24-10-8-19/h1,3,5,11,15H,2,4,6-10,13H2. The number of carbonyl (C=O) groups excluding carboxylic acids is 1. The predicted molar refractivity (Wildman–Crippen MR) is 90.0 cm³/mol. The number of hydrogen-bond acceptors (Lipinski definition) is 5. The molecule has 2 aliphatic heterocycles. The number of ether oxygens (including phenoxy) is 1. The minimum absolute atomic E-state index is 0.00831. The molecule has 0 aliphatic carbocycles. The summed E-state index contributed by atoms with van der Waals surface area (Å²) in [4.78, 5) is 14.5. The first-order valence-electron chi connectivity index (χ1n) is 8.39. The van der Waals surface area contributed by atoms with E-state index in [2.05, 4.69) is 0 Å². The highest BCUT2D eigenvalue weighted by Crippen LogP contribution is 2.25. The number of rotatable bonds is 3. The Morgan fingerprint density at radius 2 is 2.00 bits per heavy atom. The monoisotopic (exact) mass is 363 g/mol. The van der Waals surface area contributed by atoms with E-state index in [4.69, 9.17) is 10.00 Å². The largest absolute Gasteiger partial charge is 0.378 e. The number of morpholine rings is 1. The first-order chi connectivity index (χ1) is 12.0. The molecule has 1 aromatic rings. The zero-order valence-corrected chi connectivity index (χ0v) is 14.7. The summed E-state index contributed by atoms with van der Waals surface area (Å²) < 4.78 is 32.4. The topological polar surface area (TPSA) is 90.7 Å². The highest BCUT2D eigenvalue weighted by atomic mass is 32.2. The van der Waals surface area contributed by atoms with Crippen molar-refractivity contribution < 1.29 is 17.9 Å². The van der Waals surface area contributed by atoms with Gasteiger partial charge in [-0.25, -0.2) is 8.42 Å². The third kappa shape index (κ3) is 3.84. The van der Waals surface area contributed by atoms with Crippen molar-refractivity contribution in [3.63, 3.8) is 0 Å². The van der Waals surface area contributed by atoms with Gasteiger partial charge in [0.05, 0.1) is 35.7 Å². The summed E-state index contributed by atoms with van der Waals surface area (Å²) in [6.07, 6.45) is 1.35. The molecule has 0 spiro atoms. The highest BCUT2D eigenvalue weighted by Gasteiger charge is 2.35. The second-order valence-electron chi connectivity index (χ2n) is 6.28. The van der Waals surface area contributed by atoms with Gasteiger partial charge in [0.25, 0.3) is 0 Å². The van der Waals surface area contributed by atoms with Crippen LogP contribution in [0.15, 0.2) is 29.2 Å². The Labute approximate surface area is 147 Å². The van der Waals surface area contributed by atoms with Gasteiger partial charge in [-0.05, 0) is 31.0 Å². The third-order valence-corrected chi connectivity index (χ3v) is 6.52. The van der Waals surface area contributed by atoms with Gasteiger partial charge < -0.3 is 9.64 Å². The Morgan fingerprint density at radius 1 is 1.24 bits per heavy atom. The number of nitriles is 1. The molecule has 3 rings (SSSR count). The molecule has 0 radical (unpaired) electrons. The van der Waals surface area contributed by atoms with E-state index in [1.165, 1.54) is 16.4 Å². The molecule has 2 fully saturated rings. The van der Waals surface area contributed by atoms with Gasteiger partial charge in [0.2, 0.25) is 15.9 Å². The maximum atomic E-state index is 12.9. The highest BCUT2D eigenvalue weighted by molar-refractivity contribution is 7.89. The summed E-state index contributed by atoms with van der Waals surface area (Å²) in [5.41, 5.74) is 0.305. The lowest BCUT2D eigenvalue weighted by molar-refractivity contribution is -0.140. The summed E-state index contributed by atoms with van der Waals surface area (Å²) >= 11 is 0. The van der Waals surface area contributed by atoms with Crippen molar-refractivity contribution in [3.8, 4) is 6.07 Å². The number of amides is 1. The molecule has 2 aliphatic rings. The molecule has 1 atom stereocenters. The molecular weight excluding hydrogens is 342 g/mol. The van der Waals surface area contributed by atoms with Gasteiger partial charge >= 0.3 is 0 Å². The Bertz CT molecular complexity index is 781. The van der Waals surface area contributed by atoms with Crippen LogP contribution in [0.25, 0.3) is 0 Å². The molecule has 1 unspecified atom stereocenters. The lowest BCUT2D eigenvalue weighted by atomic mass is 9.98. The molecule has 2 saturated heterocycles. The summed E-state index contributed by atoms with van der Waals surface area (Å²) in [6, 6.07) is 7.95. The summed E-state index contributed by atoms with van der Waals surface area (Å²) in [6.45, 7) is 2.77. The Kier molecular flexibility index (Phi) is 5.37. The molecule has 134 valence electrons. The van der Waals surface area contributed by atoms with Crippen molar-refractivity contribution in [1.82, 2.24) is 9.21 Å². The van der Waals surface area contributed by atoms with Crippen molar-refractivity contribution in [3.05, 3.63) is 29.8 Å². The van der Waals surface area contributed by atoms with Crippen molar-refractivity contribution >= 4 is 15.9 Å². The van der Waals surface area contributed by atoms with Crippen LogP contribution in [0.2, 0.25) is 0 Å². The van der Waals surface area contributed by atoms with Crippen molar-refractivity contribution in [1.29, 1.82) is 5.26 Å². The third-order valence-electron chi connectivity index (χ3n) is 4.66. The average molecular weight is 363 g/mol. The molecule has 0 bridgehead atoms. The minimum atomic E-state index is -3.70. The summed E-state index contributed by atoms with van der Waals surface area (Å²) in [5.74, 6) is -0.310. The normalized spacial score (nSPS) is 22.4. The van der Waals surface area contributed by atoms with E-state index in [9.17, 15) is 13.2 Å². The average Bonchev–Trinajstić information content (AvgIpc) is 2.68. The van der Waals surface area contributed by atoms with E-state index in [1.54, 1.807) is 17.0 Å². The first kappa shape index (κ1) is 17.9. The second kappa shape index (κ2) is 7.52. The van der Waals surface area contributed by atoms with E-state index in [1.807, 2.05) is 6.07 Å². The van der Waals surface area contributed by atoms with E-state index in [0.717, 1.165) is 0 Å². The second-order valence-corrected chi connectivity index (χ2v) is 8.22. The van der Waals surface area contributed by atoms with Crippen LogP contribution in [-0.2, 0) is 19.6 Å². The SMILES string of the molecule is N#Cc1cccc(S(=O)(=O)N2CCCC(C(=O)N3CCOCC3)C2)c1. The van der Waals surface area contributed by atoms with E-state index in [-0.39, 0.29) is 23.3 Å². The quantitative estimate of drug-likeness (QED) is 0.793. The molecule has 0 saturated carbocycles. The van der Waals surface area contributed by atoms with Gasteiger partial charge in [0.15, 0.2) is 0 Å². The van der Waals surface area contributed by atoms with Crippen LogP contribution in [0.1, 0.15) is 18.4 Å². The zero-order chi connectivity index (χ0) is 17.9. The zero-order valence-electron chi connectivity index (χ0n) is 13.9. The Balaban J connectivity index is 1.75. The van der Waals surface area contributed by atoms with E-state index >= 15 is 0 Å². The smallest absolute Gasteiger partial charge is 0.243 e. The van der Waals surface area contributed by atoms with Gasteiger partial charge in [-0.2, -0.15) is 9.57 Å². The van der Waals surface area contributed by atoms with Crippen LogP contribution < -0.4 is 0 Å². The van der Waals surface area contributed by atoms with Crippen molar-refractivity contribution in [2.45, 2.75) is 17.7 Å². The molecular formula is C17H21N3O4S. The summed E-state index contributed by atoms with van der Waals surface area (Å²) in [5, 5.41) is 8.98. The maximum absolute atomic E-state index is 12.9. The number of hydrogen-bond donors (Lipinski definition) is 0. The van der Waals surface area contributed by atoms with E-state index in [0.29, 0.717) is 51.3 Å². The molecule has 8 heteroatoms. The van der Waals surface area contributed by atoms with Gasteiger partial charge in [-0.3, -0.25) is 4.79 Å². The molecule has 2 heterocycles. The van der Waals surface area contributed by atoms with Crippen LogP contribution in [0.3, 0.4) is 0 Å². The lowest BCUT2D eigenvalue weighted by Gasteiger charge is -2.35. The molecule has 1 amide bonds. The molecule has 7 nitrogen and oxygen atoms in total. The van der Waals surface area contributed by atoms with Crippen molar-refractivity contribution in [2.75, 3.05) is 39.4 Å². The van der Waals surface area contributed by atoms with Gasteiger partial charge in [0, 0.05) is 26.2 Å². The minimum Gasteiger partial charge on any atom is -0.378 e. The molecule has 25 heavy (non-hydrogen) atoms. The van der Waals surface area contributed by atoms with Crippen LogP contribution in [0, 0.1) is 17.2 Å². The van der Waals surface area contributed by atoms with Crippen LogP contribution >= 0.6 is 0 Å². The number of carbonyl (C=O) groups is 1. The summed E-state index contributed by atoms with van der Waals surface area (Å²) in [7, 11) is -3.70. The fourth-order valence-electron chi connectivity index (χ4n) is 3.28. The van der Waals surface area contributed by atoms with Gasteiger partial charge in [-0.1, -0.05) is 6.07 Å². The molecule has 0 N–H and O–H groups in total. The number of sulfonamides is 1. The Morgan fingerprint density at radius 3 is 2.72 bits per heavy atom. The first-order valence-corrected chi connectivity index (χ1v) is 9.83. The van der Waals surface area contributed by atoms with E-state index < -0.39 is 10.0 Å². The fourth-order valence-corrected chi connectivity index (χ4v) is 4.85. The van der Waals surface area contributed by atoms with Crippen LogP contribution in [-0.4, -0.2) is 62.9 Å². The molecule has 0 aromatic heterocycles.